The summed E-state index contributed by atoms with van der Waals surface area (Å²) in [6, 6.07) is 21.1. The van der Waals surface area contributed by atoms with E-state index in [2.05, 4.69) is 55.5 Å². The van der Waals surface area contributed by atoms with Gasteiger partial charge in [0.2, 0.25) is 0 Å². The highest BCUT2D eigenvalue weighted by Crippen LogP contribution is 2.46. The normalized spacial score (nSPS) is 19.9. The predicted octanol–water partition coefficient (Wildman–Crippen LogP) is 6.45. The van der Waals surface area contributed by atoms with Crippen molar-refractivity contribution in [1.82, 2.24) is 19.6 Å². The Morgan fingerprint density at radius 3 is 2.12 bits per heavy atom. The number of halogens is 4. The van der Waals surface area contributed by atoms with Crippen LogP contribution in [0.3, 0.4) is 0 Å². The van der Waals surface area contributed by atoms with Crippen molar-refractivity contribution in [1.29, 1.82) is 0 Å². The van der Waals surface area contributed by atoms with E-state index in [0.717, 1.165) is 15.8 Å². The number of benzene rings is 2. The first-order chi connectivity index (χ1) is 19.3. The zero-order valence-electron chi connectivity index (χ0n) is 21.4. The highest BCUT2D eigenvalue weighted by molar-refractivity contribution is 9.10. The molecule has 2 atom stereocenters. The molecule has 4 heterocycles. The Balaban J connectivity index is 1.23. The number of rotatable bonds is 5. The SMILES string of the molecule is O=C(c1nn2c(c1Br)N[C@H](c1ccco1)C[C@H]2C(F)(F)F)N1CCN(C(c2ccccc2)c2ccccc2)CC1. The van der Waals surface area contributed by atoms with Crippen LogP contribution in [0.5, 0.6) is 0 Å². The average Bonchev–Trinajstić information content (AvgIpc) is 3.62. The Morgan fingerprint density at radius 1 is 0.950 bits per heavy atom. The van der Waals surface area contributed by atoms with Crippen LogP contribution in [-0.4, -0.2) is 57.8 Å². The summed E-state index contributed by atoms with van der Waals surface area (Å²) in [6.45, 7) is 2.06. The fourth-order valence-electron chi connectivity index (χ4n) is 5.62. The Morgan fingerprint density at radius 2 is 1.57 bits per heavy atom. The number of carbonyl (C=O) groups is 1. The molecule has 0 bridgehead atoms. The first-order valence-electron chi connectivity index (χ1n) is 13.1. The lowest BCUT2D eigenvalue weighted by atomic mass is 9.96. The van der Waals surface area contributed by atoms with Gasteiger partial charge in [-0.05, 0) is 39.2 Å². The van der Waals surface area contributed by atoms with E-state index in [4.69, 9.17) is 4.42 Å². The first kappa shape index (κ1) is 26.6. The molecule has 4 aromatic rings. The van der Waals surface area contributed by atoms with Gasteiger partial charge < -0.3 is 14.6 Å². The van der Waals surface area contributed by atoms with Crippen LogP contribution in [0, 0.1) is 0 Å². The minimum absolute atomic E-state index is 0.0292. The van der Waals surface area contributed by atoms with E-state index in [0.29, 0.717) is 31.9 Å². The zero-order valence-corrected chi connectivity index (χ0v) is 23.0. The number of anilines is 1. The van der Waals surface area contributed by atoms with Gasteiger partial charge in [-0.1, -0.05) is 60.7 Å². The van der Waals surface area contributed by atoms with Gasteiger partial charge in [0.1, 0.15) is 11.6 Å². The van der Waals surface area contributed by atoms with Gasteiger partial charge in [0.05, 0.1) is 22.8 Å². The number of carbonyl (C=O) groups excluding carboxylic acids is 1. The van der Waals surface area contributed by atoms with Gasteiger partial charge in [-0.2, -0.15) is 18.3 Å². The average molecular weight is 614 g/mol. The van der Waals surface area contributed by atoms with E-state index >= 15 is 0 Å². The van der Waals surface area contributed by atoms with Crippen LogP contribution in [0.1, 0.15) is 51.9 Å². The highest BCUT2D eigenvalue weighted by atomic mass is 79.9. The number of fused-ring (bicyclic) bond motifs is 1. The Kier molecular flexibility index (Phi) is 7.18. The van der Waals surface area contributed by atoms with Crippen molar-refractivity contribution < 1.29 is 22.4 Å². The van der Waals surface area contributed by atoms with Crippen LogP contribution < -0.4 is 5.32 Å². The van der Waals surface area contributed by atoms with Crippen molar-refractivity contribution in [3.63, 3.8) is 0 Å². The van der Waals surface area contributed by atoms with Gasteiger partial charge in [0.25, 0.3) is 5.91 Å². The van der Waals surface area contributed by atoms with Crippen LogP contribution >= 0.6 is 15.9 Å². The van der Waals surface area contributed by atoms with Crippen molar-refractivity contribution >= 4 is 27.7 Å². The summed E-state index contributed by atoms with van der Waals surface area (Å²) in [5, 5.41) is 7.28. The Bertz CT molecular complexity index is 1410. The minimum Gasteiger partial charge on any atom is -0.467 e. The van der Waals surface area contributed by atoms with E-state index in [1.807, 2.05) is 36.4 Å². The number of amides is 1. The van der Waals surface area contributed by atoms with E-state index < -0.39 is 24.2 Å². The monoisotopic (exact) mass is 613 g/mol. The van der Waals surface area contributed by atoms with Crippen LogP contribution in [0.15, 0.2) is 87.9 Å². The molecule has 1 amide bonds. The quantitative estimate of drug-likeness (QED) is 0.280. The second-order valence-electron chi connectivity index (χ2n) is 10.0. The van der Waals surface area contributed by atoms with E-state index in [-0.39, 0.29) is 28.4 Å². The molecule has 2 aromatic heterocycles. The lowest BCUT2D eigenvalue weighted by molar-refractivity contribution is -0.174. The van der Waals surface area contributed by atoms with Crippen LogP contribution in [0.4, 0.5) is 19.0 Å². The molecule has 2 aliphatic rings. The van der Waals surface area contributed by atoms with Gasteiger partial charge >= 0.3 is 6.18 Å². The summed E-state index contributed by atoms with van der Waals surface area (Å²) in [6.07, 6.45) is -3.43. The van der Waals surface area contributed by atoms with Gasteiger partial charge in [-0.15, -0.1) is 0 Å². The second-order valence-corrected chi connectivity index (χ2v) is 10.8. The lowest BCUT2D eigenvalue weighted by Crippen LogP contribution is -2.50. The van der Waals surface area contributed by atoms with Crippen molar-refractivity contribution in [3.8, 4) is 0 Å². The molecule has 11 heteroatoms. The summed E-state index contributed by atoms with van der Waals surface area (Å²) in [4.78, 5) is 17.6. The second kappa shape index (κ2) is 10.8. The molecule has 2 aliphatic heterocycles. The molecular weight excluding hydrogens is 587 g/mol. The highest BCUT2D eigenvalue weighted by Gasteiger charge is 2.48. The van der Waals surface area contributed by atoms with Crippen molar-refractivity contribution in [2.24, 2.45) is 0 Å². The number of nitrogens with zero attached hydrogens (tertiary/aromatic N) is 4. The molecule has 0 radical (unpaired) electrons. The molecule has 0 unspecified atom stereocenters. The molecule has 1 fully saturated rings. The third-order valence-corrected chi connectivity index (χ3v) is 8.33. The number of piperazine rings is 1. The summed E-state index contributed by atoms with van der Waals surface area (Å²) >= 11 is 3.38. The molecule has 0 aliphatic carbocycles. The number of aromatic nitrogens is 2. The molecule has 0 spiro atoms. The van der Waals surface area contributed by atoms with Gasteiger partial charge in [0, 0.05) is 32.6 Å². The number of alkyl halides is 3. The maximum atomic E-state index is 14.1. The fraction of sp³-hybridized carbons (Fsp3) is 0.310. The van der Waals surface area contributed by atoms with Gasteiger partial charge in [-0.25, -0.2) is 4.68 Å². The van der Waals surface area contributed by atoms with Crippen molar-refractivity contribution in [3.05, 3.63) is 106 Å². The van der Waals surface area contributed by atoms with Crippen molar-refractivity contribution in [2.45, 2.75) is 30.7 Å². The topological polar surface area (TPSA) is 66.5 Å². The molecule has 1 saturated heterocycles. The Labute approximate surface area is 237 Å². The number of hydrogen-bond donors (Lipinski definition) is 1. The van der Waals surface area contributed by atoms with Gasteiger partial charge in [0.15, 0.2) is 11.7 Å². The lowest BCUT2D eigenvalue weighted by Gasteiger charge is -2.39. The maximum absolute atomic E-state index is 14.1. The first-order valence-corrected chi connectivity index (χ1v) is 13.9. The van der Waals surface area contributed by atoms with Crippen LogP contribution in [0.25, 0.3) is 0 Å². The molecule has 208 valence electrons. The van der Waals surface area contributed by atoms with E-state index in [1.54, 1.807) is 17.0 Å². The molecule has 40 heavy (non-hydrogen) atoms. The van der Waals surface area contributed by atoms with Crippen LogP contribution in [-0.2, 0) is 0 Å². The maximum Gasteiger partial charge on any atom is 0.410 e. The third-order valence-electron chi connectivity index (χ3n) is 7.58. The van der Waals surface area contributed by atoms with Crippen LogP contribution in [0.2, 0.25) is 0 Å². The Hall–Kier alpha value is -3.57. The molecule has 0 saturated carbocycles. The molecule has 7 nitrogen and oxygen atoms in total. The largest absolute Gasteiger partial charge is 0.467 e. The number of nitrogens with one attached hydrogen (secondary N) is 1. The standard InChI is InChI=1S/C29H27BrF3N5O2/c30-24-25(35-38-23(29(31,32)33)18-21(34-27(24)38)22-12-7-17-40-22)28(39)37-15-13-36(14-16-37)26(19-8-3-1-4-9-19)20-10-5-2-6-11-20/h1-12,17,21,23,26,34H,13-16,18H2/t21-,23-/m0/s1. The summed E-state index contributed by atoms with van der Waals surface area (Å²) in [5.74, 6) is 0.107. The zero-order chi connectivity index (χ0) is 27.9. The predicted molar refractivity (Wildman–Crippen MR) is 147 cm³/mol. The number of hydrogen-bond acceptors (Lipinski definition) is 5. The molecule has 6 rings (SSSR count). The van der Waals surface area contributed by atoms with E-state index in [1.165, 1.54) is 6.26 Å². The van der Waals surface area contributed by atoms with E-state index in [9.17, 15) is 18.0 Å². The smallest absolute Gasteiger partial charge is 0.410 e. The number of furan rings is 1. The van der Waals surface area contributed by atoms with Gasteiger partial charge in [-0.3, -0.25) is 9.69 Å². The summed E-state index contributed by atoms with van der Waals surface area (Å²) < 4.78 is 48.8. The molecule has 2 aromatic carbocycles. The molecule has 1 N–H and O–H groups in total. The summed E-state index contributed by atoms with van der Waals surface area (Å²) in [7, 11) is 0. The van der Waals surface area contributed by atoms with Crippen molar-refractivity contribution in [2.75, 3.05) is 31.5 Å². The minimum atomic E-state index is -4.55. The molecular formula is C29H27BrF3N5O2. The summed E-state index contributed by atoms with van der Waals surface area (Å²) in [5.41, 5.74) is 2.29. The fourth-order valence-corrected chi connectivity index (χ4v) is 6.16. The third kappa shape index (κ3) is 5.03.